The molecule has 1 N–H and O–H groups in total. The van der Waals surface area contributed by atoms with Crippen LogP contribution in [0.2, 0.25) is 0 Å². The van der Waals surface area contributed by atoms with E-state index in [-0.39, 0.29) is 6.54 Å². The molecular formula is C11H16F3N3. The lowest BCUT2D eigenvalue weighted by Crippen LogP contribution is -2.25. The summed E-state index contributed by atoms with van der Waals surface area (Å²) in [5.74, 6) is 0.557. The first-order chi connectivity index (χ1) is 7.92. The largest absolute Gasteiger partial charge is 0.390 e. The molecule has 0 amide bonds. The summed E-state index contributed by atoms with van der Waals surface area (Å²) >= 11 is 0. The fourth-order valence-corrected chi connectivity index (χ4v) is 1.37. The molecule has 1 aromatic rings. The molecule has 0 spiro atoms. The van der Waals surface area contributed by atoms with E-state index in [2.05, 4.69) is 10.3 Å². The molecule has 17 heavy (non-hydrogen) atoms. The van der Waals surface area contributed by atoms with Crippen molar-refractivity contribution in [1.29, 1.82) is 0 Å². The first-order valence-corrected chi connectivity index (χ1v) is 5.31. The van der Waals surface area contributed by atoms with Crippen LogP contribution in [0.25, 0.3) is 0 Å². The molecular weight excluding hydrogens is 231 g/mol. The Kier molecular flexibility index (Phi) is 4.74. The van der Waals surface area contributed by atoms with Crippen LogP contribution in [0.5, 0.6) is 0 Å². The normalized spacial score (nSPS) is 11.6. The van der Waals surface area contributed by atoms with Crippen molar-refractivity contribution in [2.75, 3.05) is 25.5 Å². The Bertz CT molecular complexity index is 352. The summed E-state index contributed by atoms with van der Waals surface area (Å²) in [6, 6.07) is 5.33. The quantitative estimate of drug-likeness (QED) is 0.864. The van der Waals surface area contributed by atoms with Gasteiger partial charge in [-0.15, -0.1) is 0 Å². The monoisotopic (exact) mass is 247 g/mol. The second-order valence-electron chi connectivity index (χ2n) is 3.80. The number of hydrogen-bond donors (Lipinski definition) is 1. The predicted octanol–water partition coefficient (Wildman–Crippen LogP) is 2.19. The maximum absolute atomic E-state index is 12.1. The summed E-state index contributed by atoms with van der Waals surface area (Å²) in [6.07, 6.45) is -4.96. The van der Waals surface area contributed by atoms with Gasteiger partial charge < -0.3 is 10.2 Å². The number of nitrogens with zero attached hydrogens (tertiary/aromatic N) is 2. The zero-order valence-corrected chi connectivity index (χ0v) is 9.88. The van der Waals surface area contributed by atoms with Crippen molar-refractivity contribution in [3.05, 3.63) is 23.9 Å². The molecule has 0 saturated carbocycles. The molecule has 0 bridgehead atoms. The highest BCUT2D eigenvalue weighted by molar-refractivity contribution is 5.38. The van der Waals surface area contributed by atoms with E-state index < -0.39 is 12.6 Å². The summed E-state index contributed by atoms with van der Waals surface area (Å²) in [7, 11) is 3.40. The molecule has 1 rings (SSSR count). The average molecular weight is 247 g/mol. The summed E-state index contributed by atoms with van der Waals surface area (Å²) < 4.78 is 36.2. The van der Waals surface area contributed by atoms with Crippen LogP contribution in [0.4, 0.5) is 19.0 Å². The maximum Gasteiger partial charge on any atom is 0.390 e. The molecule has 1 heterocycles. The van der Waals surface area contributed by atoms with Crippen LogP contribution in [0.3, 0.4) is 0 Å². The van der Waals surface area contributed by atoms with E-state index in [0.717, 1.165) is 5.69 Å². The molecule has 0 aliphatic carbocycles. The second kappa shape index (κ2) is 5.86. The molecule has 0 unspecified atom stereocenters. The van der Waals surface area contributed by atoms with Gasteiger partial charge in [-0.3, -0.25) is 0 Å². The standard InChI is InChI=1S/C11H16F3N3/c1-15-8-9-4-3-5-10(16-9)17(2)7-6-11(12,13)14/h3-5,15H,6-8H2,1-2H3. The van der Waals surface area contributed by atoms with Crippen LogP contribution in [-0.2, 0) is 6.54 Å². The third kappa shape index (κ3) is 5.04. The van der Waals surface area contributed by atoms with Crippen LogP contribution < -0.4 is 10.2 Å². The number of nitrogens with one attached hydrogen (secondary N) is 1. The lowest BCUT2D eigenvalue weighted by molar-refractivity contribution is -0.132. The topological polar surface area (TPSA) is 28.2 Å². The van der Waals surface area contributed by atoms with Gasteiger partial charge >= 0.3 is 6.18 Å². The van der Waals surface area contributed by atoms with Crippen molar-refractivity contribution < 1.29 is 13.2 Å². The van der Waals surface area contributed by atoms with Gasteiger partial charge in [0.2, 0.25) is 0 Å². The van der Waals surface area contributed by atoms with E-state index in [0.29, 0.717) is 12.4 Å². The van der Waals surface area contributed by atoms with E-state index in [4.69, 9.17) is 0 Å². The van der Waals surface area contributed by atoms with Crippen LogP contribution in [0.15, 0.2) is 18.2 Å². The zero-order chi connectivity index (χ0) is 12.9. The van der Waals surface area contributed by atoms with Gasteiger partial charge in [-0.05, 0) is 19.2 Å². The van der Waals surface area contributed by atoms with Crippen LogP contribution in [-0.4, -0.2) is 31.8 Å². The molecule has 0 atom stereocenters. The smallest absolute Gasteiger partial charge is 0.359 e. The predicted molar refractivity (Wildman–Crippen MR) is 60.9 cm³/mol. The van der Waals surface area contributed by atoms with Gasteiger partial charge in [0.25, 0.3) is 0 Å². The van der Waals surface area contributed by atoms with Crippen molar-refractivity contribution in [2.45, 2.75) is 19.1 Å². The minimum Gasteiger partial charge on any atom is -0.359 e. The van der Waals surface area contributed by atoms with Crippen LogP contribution >= 0.6 is 0 Å². The number of hydrogen-bond acceptors (Lipinski definition) is 3. The second-order valence-corrected chi connectivity index (χ2v) is 3.80. The van der Waals surface area contributed by atoms with Crippen molar-refractivity contribution in [3.63, 3.8) is 0 Å². The Hall–Kier alpha value is -1.30. The fraction of sp³-hybridized carbons (Fsp3) is 0.545. The van der Waals surface area contributed by atoms with Crippen LogP contribution in [0.1, 0.15) is 12.1 Å². The van der Waals surface area contributed by atoms with Crippen molar-refractivity contribution in [1.82, 2.24) is 10.3 Å². The van der Waals surface area contributed by atoms with Crippen molar-refractivity contribution in [2.24, 2.45) is 0 Å². The molecule has 0 saturated heterocycles. The molecule has 0 fully saturated rings. The summed E-state index contributed by atoms with van der Waals surface area (Å²) in [6.45, 7) is 0.514. The van der Waals surface area contributed by atoms with E-state index in [1.54, 1.807) is 26.2 Å². The first-order valence-electron chi connectivity index (χ1n) is 5.31. The molecule has 0 radical (unpaired) electrons. The van der Waals surface area contributed by atoms with Gasteiger partial charge in [0.1, 0.15) is 5.82 Å². The molecule has 96 valence electrons. The van der Waals surface area contributed by atoms with Gasteiger partial charge in [0.15, 0.2) is 0 Å². The van der Waals surface area contributed by atoms with Gasteiger partial charge in [-0.1, -0.05) is 6.07 Å². The maximum atomic E-state index is 12.1. The highest BCUT2D eigenvalue weighted by atomic mass is 19.4. The Morgan fingerprint density at radius 2 is 2.06 bits per heavy atom. The minimum atomic E-state index is -4.13. The third-order valence-corrected chi connectivity index (χ3v) is 2.27. The molecule has 0 aliphatic rings. The fourth-order valence-electron chi connectivity index (χ4n) is 1.37. The molecule has 6 heteroatoms. The molecule has 3 nitrogen and oxygen atoms in total. The van der Waals surface area contributed by atoms with Gasteiger partial charge in [-0.2, -0.15) is 13.2 Å². The minimum absolute atomic E-state index is 0.0838. The number of anilines is 1. The Morgan fingerprint density at radius 3 is 2.65 bits per heavy atom. The van der Waals surface area contributed by atoms with Gasteiger partial charge in [0.05, 0.1) is 12.1 Å². The van der Waals surface area contributed by atoms with Gasteiger partial charge in [0, 0.05) is 20.1 Å². The summed E-state index contributed by atoms with van der Waals surface area (Å²) in [5, 5.41) is 2.95. The van der Waals surface area contributed by atoms with Crippen LogP contribution in [0, 0.1) is 0 Å². The Balaban J connectivity index is 2.62. The summed E-state index contributed by atoms with van der Waals surface area (Å²) in [4.78, 5) is 5.77. The highest BCUT2D eigenvalue weighted by Gasteiger charge is 2.27. The highest BCUT2D eigenvalue weighted by Crippen LogP contribution is 2.21. The van der Waals surface area contributed by atoms with Gasteiger partial charge in [-0.25, -0.2) is 4.98 Å². The SMILES string of the molecule is CNCc1cccc(N(C)CCC(F)(F)F)n1. The lowest BCUT2D eigenvalue weighted by atomic mass is 10.3. The number of halogens is 3. The van der Waals surface area contributed by atoms with E-state index >= 15 is 0 Å². The zero-order valence-electron chi connectivity index (χ0n) is 9.88. The molecule has 0 aromatic carbocycles. The summed E-state index contributed by atoms with van der Waals surface area (Å²) in [5.41, 5.74) is 0.809. The Labute approximate surface area is 98.6 Å². The van der Waals surface area contributed by atoms with Crippen molar-refractivity contribution >= 4 is 5.82 Å². The molecule has 1 aromatic heterocycles. The average Bonchev–Trinajstić information content (AvgIpc) is 2.26. The Morgan fingerprint density at radius 1 is 1.35 bits per heavy atom. The number of rotatable bonds is 5. The van der Waals surface area contributed by atoms with Crippen molar-refractivity contribution in [3.8, 4) is 0 Å². The number of aromatic nitrogens is 1. The molecule has 0 aliphatic heterocycles. The van der Waals surface area contributed by atoms with E-state index in [1.807, 2.05) is 6.07 Å². The third-order valence-electron chi connectivity index (χ3n) is 2.27. The number of pyridine rings is 1. The van der Waals surface area contributed by atoms with E-state index in [1.165, 1.54) is 4.90 Å². The lowest BCUT2D eigenvalue weighted by Gasteiger charge is -2.19. The van der Waals surface area contributed by atoms with E-state index in [9.17, 15) is 13.2 Å². The first kappa shape index (κ1) is 13.8. The number of alkyl halides is 3.